The van der Waals surface area contributed by atoms with Crippen molar-refractivity contribution in [1.82, 2.24) is 14.4 Å². The van der Waals surface area contributed by atoms with Gasteiger partial charge < -0.3 is 9.64 Å². The zero-order valence-electron chi connectivity index (χ0n) is 11.9. The summed E-state index contributed by atoms with van der Waals surface area (Å²) < 4.78 is 7.50. The molecule has 3 heterocycles. The average molecular weight is 315 g/mol. The first-order valence-corrected chi connectivity index (χ1v) is 7.61. The molecule has 3 aromatic rings. The third kappa shape index (κ3) is 2.32. The summed E-state index contributed by atoms with van der Waals surface area (Å²) in [5.74, 6) is 1.86. The second-order valence-corrected chi connectivity index (χ2v) is 5.63. The largest absolute Gasteiger partial charge is 0.378 e. The highest BCUT2D eigenvalue weighted by Crippen LogP contribution is 2.28. The van der Waals surface area contributed by atoms with Gasteiger partial charge >= 0.3 is 0 Å². The summed E-state index contributed by atoms with van der Waals surface area (Å²) in [5.41, 5.74) is 2.04. The summed E-state index contributed by atoms with van der Waals surface area (Å²) >= 11 is 5.98. The van der Waals surface area contributed by atoms with Crippen LogP contribution in [-0.4, -0.2) is 40.7 Å². The Hall–Kier alpha value is -2.11. The molecule has 6 heteroatoms. The molecule has 1 fully saturated rings. The van der Waals surface area contributed by atoms with Crippen molar-refractivity contribution in [3.05, 3.63) is 47.9 Å². The zero-order valence-corrected chi connectivity index (χ0v) is 12.7. The minimum atomic E-state index is 0.722. The third-order valence-corrected chi connectivity index (χ3v) is 4.09. The summed E-state index contributed by atoms with van der Waals surface area (Å²) in [6.45, 7) is 3.16. The highest BCUT2D eigenvalue weighted by Gasteiger charge is 2.19. The standard InChI is InChI=1S/C16H15ClN4O/c17-13-3-1-12(2-4-13)15-19-16(20-7-9-22-10-8-20)14-11-18-5-6-21(14)15/h1-6,11H,7-10H2. The molecule has 0 N–H and O–H groups in total. The molecule has 0 amide bonds. The summed E-state index contributed by atoms with van der Waals surface area (Å²) in [6.07, 6.45) is 5.57. The van der Waals surface area contributed by atoms with E-state index < -0.39 is 0 Å². The van der Waals surface area contributed by atoms with Gasteiger partial charge in [0.2, 0.25) is 0 Å². The maximum Gasteiger partial charge on any atom is 0.157 e. The maximum atomic E-state index is 5.98. The molecule has 4 rings (SSSR count). The Morgan fingerprint density at radius 2 is 1.86 bits per heavy atom. The summed E-state index contributed by atoms with van der Waals surface area (Å²) in [4.78, 5) is 11.4. The van der Waals surface area contributed by atoms with Gasteiger partial charge in [0.1, 0.15) is 11.3 Å². The molecular formula is C16H15ClN4O. The van der Waals surface area contributed by atoms with Crippen LogP contribution in [0.15, 0.2) is 42.9 Å². The van der Waals surface area contributed by atoms with Crippen LogP contribution in [0, 0.1) is 0 Å². The Bertz CT molecular complexity index is 794. The highest BCUT2D eigenvalue weighted by molar-refractivity contribution is 6.30. The molecule has 0 atom stereocenters. The second kappa shape index (κ2) is 5.59. The van der Waals surface area contributed by atoms with E-state index in [2.05, 4.69) is 14.3 Å². The Balaban J connectivity index is 1.86. The Kier molecular flexibility index (Phi) is 3.44. The molecule has 5 nitrogen and oxygen atoms in total. The fourth-order valence-corrected chi connectivity index (χ4v) is 2.86. The molecule has 0 saturated carbocycles. The number of rotatable bonds is 2. The number of hydrogen-bond acceptors (Lipinski definition) is 4. The van der Waals surface area contributed by atoms with Crippen molar-refractivity contribution in [2.24, 2.45) is 0 Å². The number of imidazole rings is 1. The van der Waals surface area contributed by atoms with Crippen molar-refractivity contribution >= 4 is 22.9 Å². The molecule has 22 heavy (non-hydrogen) atoms. The SMILES string of the molecule is Clc1ccc(-c2nc(N3CCOCC3)c3cnccn23)cc1. The number of hydrogen-bond donors (Lipinski definition) is 0. The van der Waals surface area contributed by atoms with E-state index in [4.69, 9.17) is 21.3 Å². The number of nitrogens with zero attached hydrogens (tertiary/aromatic N) is 4. The first-order chi connectivity index (χ1) is 10.8. The molecule has 0 radical (unpaired) electrons. The summed E-state index contributed by atoms with van der Waals surface area (Å²) in [7, 11) is 0. The predicted octanol–water partition coefficient (Wildman–Crippen LogP) is 2.89. The Morgan fingerprint density at radius 1 is 1.09 bits per heavy atom. The maximum absolute atomic E-state index is 5.98. The van der Waals surface area contributed by atoms with Crippen LogP contribution in [0.5, 0.6) is 0 Å². The third-order valence-electron chi connectivity index (χ3n) is 3.84. The van der Waals surface area contributed by atoms with Crippen molar-refractivity contribution in [3.63, 3.8) is 0 Å². The van der Waals surface area contributed by atoms with E-state index >= 15 is 0 Å². The van der Waals surface area contributed by atoms with Crippen LogP contribution in [0.25, 0.3) is 16.9 Å². The van der Waals surface area contributed by atoms with Gasteiger partial charge in [-0.15, -0.1) is 0 Å². The van der Waals surface area contributed by atoms with Gasteiger partial charge in [0, 0.05) is 36.1 Å². The van der Waals surface area contributed by atoms with E-state index in [0.29, 0.717) is 0 Å². The van der Waals surface area contributed by atoms with Gasteiger partial charge in [-0.3, -0.25) is 9.38 Å². The van der Waals surface area contributed by atoms with E-state index in [-0.39, 0.29) is 0 Å². The van der Waals surface area contributed by atoms with Crippen LogP contribution in [0.2, 0.25) is 5.02 Å². The first-order valence-electron chi connectivity index (χ1n) is 7.23. The van der Waals surface area contributed by atoms with Gasteiger partial charge in [-0.1, -0.05) is 11.6 Å². The number of aromatic nitrogens is 3. The van der Waals surface area contributed by atoms with Gasteiger partial charge in [0.15, 0.2) is 5.82 Å². The lowest BCUT2D eigenvalue weighted by Crippen LogP contribution is -2.36. The molecule has 0 bridgehead atoms. The lowest BCUT2D eigenvalue weighted by molar-refractivity contribution is 0.122. The fraction of sp³-hybridized carbons (Fsp3) is 0.250. The molecule has 0 spiro atoms. The van der Waals surface area contributed by atoms with Crippen LogP contribution in [0.4, 0.5) is 5.82 Å². The number of fused-ring (bicyclic) bond motifs is 1. The fourth-order valence-electron chi connectivity index (χ4n) is 2.73. The molecule has 1 aliphatic heterocycles. The van der Waals surface area contributed by atoms with E-state index in [0.717, 1.165) is 54.0 Å². The number of ether oxygens (including phenoxy) is 1. The number of morpholine rings is 1. The van der Waals surface area contributed by atoms with Crippen LogP contribution < -0.4 is 4.90 Å². The van der Waals surface area contributed by atoms with Crippen LogP contribution >= 0.6 is 11.6 Å². The van der Waals surface area contributed by atoms with Gasteiger partial charge in [0.25, 0.3) is 0 Å². The topological polar surface area (TPSA) is 42.7 Å². The average Bonchev–Trinajstić information content (AvgIpc) is 2.96. The van der Waals surface area contributed by atoms with Crippen molar-refractivity contribution < 1.29 is 4.74 Å². The lowest BCUT2D eigenvalue weighted by atomic mass is 10.2. The van der Waals surface area contributed by atoms with Crippen molar-refractivity contribution in [1.29, 1.82) is 0 Å². The van der Waals surface area contributed by atoms with E-state index in [1.807, 2.05) is 36.7 Å². The molecule has 112 valence electrons. The summed E-state index contributed by atoms with van der Waals surface area (Å²) in [6, 6.07) is 7.74. The molecule has 1 saturated heterocycles. The minimum Gasteiger partial charge on any atom is -0.378 e. The summed E-state index contributed by atoms with van der Waals surface area (Å²) in [5, 5.41) is 0.722. The van der Waals surface area contributed by atoms with Crippen LogP contribution in [0.3, 0.4) is 0 Å². The normalized spacial score (nSPS) is 15.4. The lowest BCUT2D eigenvalue weighted by Gasteiger charge is -2.26. The van der Waals surface area contributed by atoms with Gasteiger partial charge in [-0.25, -0.2) is 4.98 Å². The number of halogens is 1. The minimum absolute atomic E-state index is 0.722. The number of benzene rings is 1. The van der Waals surface area contributed by atoms with Gasteiger partial charge in [0.05, 0.1) is 19.4 Å². The highest BCUT2D eigenvalue weighted by atomic mass is 35.5. The first kappa shape index (κ1) is 13.5. The van der Waals surface area contributed by atoms with E-state index in [1.54, 1.807) is 6.20 Å². The van der Waals surface area contributed by atoms with Crippen molar-refractivity contribution in [3.8, 4) is 11.4 Å². The molecule has 0 aliphatic carbocycles. The second-order valence-electron chi connectivity index (χ2n) is 5.20. The molecule has 2 aromatic heterocycles. The van der Waals surface area contributed by atoms with Gasteiger partial charge in [-0.2, -0.15) is 0 Å². The van der Waals surface area contributed by atoms with E-state index in [9.17, 15) is 0 Å². The molecule has 1 aliphatic rings. The number of anilines is 1. The molecular weight excluding hydrogens is 300 g/mol. The monoisotopic (exact) mass is 314 g/mol. The Morgan fingerprint density at radius 3 is 2.64 bits per heavy atom. The molecule has 0 unspecified atom stereocenters. The quantitative estimate of drug-likeness (QED) is 0.729. The van der Waals surface area contributed by atoms with Crippen molar-refractivity contribution in [2.45, 2.75) is 0 Å². The Labute approximate surface area is 133 Å². The van der Waals surface area contributed by atoms with Gasteiger partial charge in [-0.05, 0) is 24.3 Å². The van der Waals surface area contributed by atoms with Crippen LogP contribution in [-0.2, 0) is 4.74 Å². The van der Waals surface area contributed by atoms with E-state index in [1.165, 1.54) is 0 Å². The zero-order chi connectivity index (χ0) is 14.9. The predicted molar refractivity (Wildman–Crippen MR) is 86.5 cm³/mol. The smallest absolute Gasteiger partial charge is 0.157 e. The van der Waals surface area contributed by atoms with Crippen molar-refractivity contribution in [2.75, 3.05) is 31.2 Å². The van der Waals surface area contributed by atoms with Crippen LogP contribution in [0.1, 0.15) is 0 Å². The molecule has 1 aromatic carbocycles.